The van der Waals surface area contributed by atoms with E-state index in [1.807, 2.05) is 6.07 Å². The van der Waals surface area contributed by atoms with Crippen molar-refractivity contribution in [2.45, 2.75) is 67.9 Å². The third kappa shape index (κ3) is 7.56. The molecular weight excluding hydrogens is 583 g/mol. The van der Waals surface area contributed by atoms with Crippen LogP contribution < -0.4 is 20.5 Å². The topological polar surface area (TPSA) is 122 Å². The SMILES string of the molecule is COc1cc(S(N)(=O)=O)ccc1NCC#Cc1cc2c(NC3CCC(N4CC[C@@H](O)C4)CC3)cccc2n1CC(F)(F)F. The van der Waals surface area contributed by atoms with Crippen molar-refractivity contribution in [3.63, 3.8) is 0 Å². The number of halogens is 3. The second-order valence-electron chi connectivity index (χ2n) is 11.1. The molecule has 0 spiro atoms. The Morgan fingerprint density at radius 1 is 1.09 bits per heavy atom. The van der Waals surface area contributed by atoms with Crippen LogP contribution >= 0.6 is 0 Å². The standard InChI is InChI=1S/C30H36F3N5O4S/c1-42-29-17-24(43(34,40)41)11-12-27(29)35-14-3-4-22-16-25-26(5-2-6-28(25)38(22)19-30(31,32)33)36-20-7-9-21(10-8-20)37-15-13-23(39)18-37/h2,5-6,11-12,16-17,20-21,23,35-36,39H,7-10,13-15,18-19H2,1H3,(H2,34,40,41)/t20?,21?,23-/m1/s1. The number of methoxy groups -OCH3 is 1. The largest absolute Gasteiger partial charge is 0.495 e. The van der Waals surface area contributed by atoms with Crippen LogP contribution in [0.15, 0.2) is 47.4 Å². The van der Waals surface area contributed by atoms with Gasteiger partial charge in [-0.25, -0.2) is 13.6 Å². The number of aliphatic hydroxyl groups is 1. The van der Waals surface area contributed by atoms with Gasteiger partial charge in [0.25, 0.3) is 0 Å². The minimum absolute atomic E-state index is 0.0705. The lowest BCUT2D eigenvalue weighted by atomic mass is 9.90. The van der Waals surface area contributed by atoms with Gasteiger partial charge in [-0.2, -0.15) is 13.2 Å². The highest BCUT2D eigenvalue weighted by Gasteiger charge is 2.32. The van der Waals surface area contributed by atoms with E-state index in [4.69, 9.17) is 9.88 Å². The Hall–Kier alpha value is -3.44. The Bertz CT molecular complexity index is 1620. The first kappa shape index (κ1) is 31.0. The first-order valence-corrected chi connectivity index (χ1v) is 15.8. The molecule has 2 aromatic carbocycles. The van der Waals surface area contributed by atoms with Crippen molar-refractivity contribution in [3.8, 4) is 17.6 Å². The van der Waals surface area contributed by atoms with Crippen molar-refractivity contribution in [1.82, 2.24) is 9.47 Å². The summed E-state index contributed by atoms with van der Waals surface area (Å²) in [6.07, 6.45) is 0.0364. The number of likely N-dealkylation sites (tertiary alicyclic amines) is 1. The molecule has 2 aliphatic rings. The number of ether oxygens (including phenoxy) is 1. The van der Waals surface area contributed by atoms with Gasteiger partial charge >= 0.3 is 6.18 Å². The molecule has 1 aromatic heterocycles. The monoisotopic (exact) mass is 619 g/mol. The van der Waals surface area contributed by atoms with Gasteiger partial charge in [0.05, 0.1) is 41.6 Å². The minimum Gasteiger partial charge on any atom is -0.495 e. The molecular formula is C30H36F3N5O4S. The van der Waals surface area contributed by atoms with Crippen molar-refractivity contribution in [3.05, 3.63) is 48.2 Å². The van der Waals surface area contributed by atoms with Gasteiger partial charge in [-0.1, -0.05) is 12.0 Å². The van der Waals surface area contributed by atoms with Crippen molar-refractivity contribution >= 4 is 32.3 Å². The summed E-state index contributed by atoms with van der Waals surface area (Å²) in [6, 6.07) is 11.8. The van der Waals surface area contributed by atoms with Crippen molar-refractivity contribution in [2.24, 2.45) is 5.14 Å². The molecule has 5 rings (SSSR count). The van der Waals surface area contributed by atoms with Crippen LogP contribution in [0.4, 0.5) is 24.5 Å². The van der Waals surface area contributed by atoms with E-state index in [0.717, 1.165) is 50.9 Å². The fraction of sp³-hybridized carbons (Fsp3) is 0.467. The summed E-state index contributed by atoms with van der Waals surface area (Å²) in [7, 11) is -2.53. The molecule has 1 saturated carbocycles. The summed E-state index contributed by atoms with van der Waals surface area (Å²) in [4.78, 5) is 2.26. The Balaban J connectivity index is 1.33. The van der Waals surface area contributed by atoms with E-state index in [0.29, 0.717) is 22.6 Å². The highest BCUT2D eigenvalue weighted by molar-refractivity contribution is 7.89. The quantitative estimate of drug-likeness (QED) is 0.280. The number of rotatable bonds is 8. The molecule has 5 N–H and O–H groups in total. The van der Waals surface area contributed by atoms with Crippen molar-refractivity contribution < 1.29 is 31.4 Å². The molecule has 9 nitrogen and oxygen atoms in total. The van der Waals surface area contributed by atoms with E-state index in [1.54, 1.807) is 18.2 Å². The molecule has 1 saturated heterocycles. The zero-order chi connectivity index (χ0) is 30.8. The molecule has 2 fully saturated rings. The second kappa shape index (κ2) is 12.7. The van der Waals surface area contributed by atoms with Crippen LogP contribution in [0.5, 0.6) is 5.75 Å². The van der Waals surface area contributed by atoms with Crippen molar-refractivity contribution in [1.29, 1.82) is 0 Å². The molecule has 232 valence electrons. The van der Waals surface area contributed by atoms with Gasteiger partial charge in [-0.05, 0) is 68.4 Å². The van der Waals surface area contributed by atoms with E-state index in [-0.39, 0.29) is 35.0 Å². The molecule has 13 heteroatoms. The Kier molecular flexibility index (Phi) is 9.12. The summed E-state index contributed by atoms with van der Waals surface area (Å²) < 4.78 is 70.5. The fourth-order valence-electron chi connectivity index (χ4n) is 6.04. The van der Waals surface area contributed by atoms with Crippen LogP contribution in [0.2, 0.25) is 0 Å². The Morgan fingerprint density at radius 2 is 1.86 bits per heavy atom. The average molecular weight is 620 g/mol. The summed E-state index contributed by atoms with van der Waals surface area (Å²) in [5.41, 5.74) is 1.91. The normalized spacial score (nSPS) is 21.4. The Morgan fingerprint density at radius 3 is 2.51 bits per heavy atom. The number of hydrogen-bond donors (Lipinski definition) is 4. The first-order chi connectivity index (χ1) is 20.4. The number of primary sulfonamides is 1. The zero-order valence-corrected chi connectivity index (χ0v) is 24.6. The number of nitrogens with two attached hydrogens (primary N) is 1. The zero-order valence-electron chi connectivity index (χ0n) is 23.8. The van der Waals surface area contributed by atoms with Crippen molar-refractivity contribution in [2.75, 3.05) is 37.4 Å². The van der Waals surface area contributed by atoms with Gasteiger partial charge in [-0.3, -0.25) is 4.90 Å². The maximum Gasteiger partial charge on any atom is 0.406 e. The lowest BCUT2D eigenvalue weighted by Gasteiger charge is -2.35. The van der Waals surface area contributed by atoms with Gasteiger partial charge in [-0.15, -0.1) is 0 Å². The lowest BCUT2D eigenvalue weighted by molar-refractivity contribution is -0.140. The molecule has 0 amide bonds. The van der Waals surface area contributed by atoms with Crippen LogP contribution in [-0.4, -0.2) is 74.1 Å². The maximum absolute atomic E-state index is 13.6. The average Bonchev–Trinajstić information content (AvgIpc) is 3.54. The third-order valence-corrected chi connectivity index (χ3v) is 9.05. The number of hydrogen-bond acceptors (Lipinski definition) is 7. The summed E-state index contributed by atoms with van der Waals surface area (Å²) in [5, 5.41) is 22.3. The van der Waals surface area contributed by atoms with Gasteiger partial charge in [0.2, 0.25) is 10.0 Å². The summed E-state index contributed by atoms with van der Waals surface area (Å²) >= 11 is 0. The van der Waals surface area contributed by atoms with E-state index in [9.17, 15) is 26.7 Å². The molecule has 0 unspecified atom stereocenters. The molecule has 1 atom stereocenters. The number of β-amino-alcohol motifs (C(OH)–C–C–N with tert-alkyl or cyclic N) is 1. The van der Waals surface area contributed by atoms with Crippen LogP contribution in [0.1, 0.15) is 37.8 Å². The second-order valence-corrected chi connectivity index (χ2v) is 12.7. The number of alkyl halides is 3. The lowest BCUT2D eigenvalue weighted by Crippen LogP contribution is -2.39. The number of aliphatic hydroxyl groups excluding tert-OH is 1. The van der Waals surface area contributed by atoms with E-state index in [1.165, 1.54) is 29.9 Å². The van der Waals surface area contributed by atoms with Crippen LogP contribution in [-0.2, 0) is 16.6 Å². The van der Waals surface area contributed by atoms with Gasteiger partial charge in [0.1, 0.15) is 12.3 Å². The number of anilines is 2. The fourth-order valence-corrected chi connectivity index (χ4v) is 6.57. The van der Waals surface area contributed by atoms with Gasteiger partial charge in [0, 0.05) is 42.3 Å². The Labute approximate surface area is 249 Å². The number of nitrogens with zero attached hydrogens (tertiary/aromatic N) is 2. The molecule has 1 aliphatic carbocycles. The molecule has 1 aliphatic heterocycles. The third-order valence-electron chi connectivity index (χ3n) is 8.14. The molecule has 3 aromatic rings. The van der Waals surface area contributed by atoms with E-state index < -0.39 is 22.7 Å². The van der Waals surface area contributed by atoms with E-state index in [2.05, 4.69) is 27.4 Å². The van der Waals surface area contributed by atoms with E-state index >= 15 is 0 Å². The maximum atomic E-state index is 13.6. The van der Waals surface area contributed by atoms with Crippen LogP contribution in [0, 0.1) is 11.8 Å². The number of aromatic nitrogens is 1. The number of sulfonamides is 1. The molecule has 0 radical (unpaired) electrons. The highest BCUT2D eigenvalue weighted by atomic mass is 32.2. The number of benzene rings is 2. The van der Waals surface area contributed by atoms with Crippen LogP contribution in [0.25, 0.3) is 10.9 Å². The molecule has 43 heavy (non-hydrogen) atoms. The molecule has 2 heterocycles. The predicted molar refractivity (Wildman–Crippen MR) is 160 cm³/mol. The number of fused-ring (bicyclic) bond motifs is 1. The van der Waals surface area contributed by atoms with Gasteiger partial charge in [0.15, 0.2) is 0 Å². The first-order valence-electron chi connectivity index (χ1n) is 14.2. The minimum atomic E-state index is -4.44. The smallest absolute Gasteiger partial charge is 0.406 e. The summed E-state index contributed by atoms with van der Waals surface area (Å²) in [5.74, 6) is 6.00. The molecule has 0 bridgehead atoms. The highest BCUT2D eigenvalue weighted by Crippen LogP contribution is 2.33. The summed E-state index contributed by atoms with van der Waals surface area (Å²) in [6.45, 7) is 0.550. The van der Waals surface area contributed by atoms with Crippen LogP contribution in [0.3, 0.4) is 0 Å². The number of nitrogens with one attached hydrogen (secondary N) is 2. The van der Waals surface area contributed by atoms with Gasteiger partial charge < -0.3 is 25.0 Å². The predicted octanol–water partition coefficient (Wildman–Crippen LogP) is 4.11.